The summed E-state index contributed by atoms with van der Waals surface area (Å²) in [5.74, 6) is 6.02. The number of carbonyl (C=O) groups is 1. The number of rotatable bonds is 3. The summed E-state index contributed by atoms with van der Waals surface area (Å²) in [6, 6.07) is 0. The lowest BCUT2D eigenvalue weighted by atomic mass is 9.45. The van der Waals surface area contributed by atoms with Crippen molar-refractivity contribution in [2.45, 2.75) is 85.5 Å². The number of carbonyl (C=O) groups excluding carboxylic acids is 1. The van der Waals surface area contributed by atoms with E-state index in [0.717, 1.165) is 30.6 Å². The number of fused-ring (bicyclic) bond motifs is 8. The van der Waals surface area contributed by atoms with Gasteiger partial charge >= 0.3 is 0 Å². The Balaban J connectivity index is 1.30. The highest BCUT2D eigenvalue weighted by Crippen LogP contribution is 2.65. The third-order valence-corrected chi connectivity index (χ3v) is 11.5. The van der Waals surface area contributed by atoms with Gasteiger partial charge in [0.2, 0.25) is 0 Å². The average molecular weight is 419 g/mol. The molecule has 3 fully saturated rings. The molecule has 9 unspecified atom stereocenters. The molecular weight excluding hydrogens is 376 g/mol. The SMILES string of the molecule is CC(C)C1=CC2=CCC3C(C)(C(=O)C4CC5CC4C4CC=CC54)CCCC3(C)C2CC1. The summed E-state index contributed by atoms with van der Waals surface area (Å²) in [7, 11) is 0. The zero-order valence-corrected chi connectivity index (χ0v) is 20.2. The van der Waals surface area contributed by atoms with Gasteiger partial charge in [-0.15, -0.1) is 0 Å². The van der Waals surface area contributed by atoms with Crippen LogP contribution >= 0.6 is 0 Å². The average Bonchev–Trinajstić information content (AvgIpc) is 3.46. The first-order chi connectivity index (χ1) is 14.8. The van der Waals surface area contributed by atoms with E-state index >= 15 is 0 Å². The van der Waals surface area contributed by atoms with Gasteiger partial charge in [0.05, 0.1) is 0 Å². The first-order valence-electron chi connectivity index (χ1n) is 13.4. The van der Waals surface area contributed by atoms with Crippen LogP contribution in [0.25, 0.3) is 0 Å². The van der Waals surface area contributed by atoms with Gasteiger partial charge in [-0.2, -0.15) is 0 Å². The van der Waals surface area contributed by atoms with Crippen LogP contribution in [0.4, 0.5) is 0 Å². The number of hydrogen-bond acceptors (Lipinski definition) is 1. The second-order valence-corrected chi connectivity index (χ2v) is 13.0. The molecule has 3 saturated carbocycles. The van der Waals surface area contributed by atoms with Gasteiger partial charge < -0.3 is 0 Å². The van der Waals surface area contributed by atoms with Crippen LogP contribution in [0.3, 0.4) is 0 Å². The largest absolute Gasteiger partial charge is 0.299 e. The highest BCUT2D eigenvalue weighted by molar-refractivity contribution is 5.88. The van der Waals surface area contributed by atoms with Crippen molar-refractivity contribution in [2.75, 3.05) is 0 Å². The maximum atomic E-state index is 14.3. The molecule has 168 valence electrons. The van der Waals surface area contributed by atoms with Gasteiger partial charge in [-0.1, -0.05) is 64.0 Å². The van der Waals surface area contributed by atoms with Crippen LogP contribution < -0.4 is 0 Å². The van der Waals surface area contributed by atoms with Crippen molar-refractivity contribution < 1.29 is 4.79 Å². The van der Waals surface area contributed by atoms with Crippen LogP contribution in [0.1, 0.15) is 85.5 Å². The van der Waals surface area contributed by atoms with E-state index in [2.05, 4.69) is 52.0 Å². The molecule has 0 radical (unpaired) electrons. The van der Waals surface area contributed by atoms with Crippen molar-refractivity contribution >= 4 is 5.78 Å². The summed E-state index contributed by atoms with van der Waals surface area (Å²) in [4.78, 5) is 14.3. The van der Waals surface area contributed by atoms with Gasteiger partial charge in [-0.3, -0.25) is 4.79 Å². The fraction of sp³-hybridized carbons (Fsp3) is 0.767. The second kappa shape index (κ2) is 6.94. The number of allylic oxidation sites excluding steroid dienone is 6. The van der Waals surface area contributed by atoms with E-state index in [-0.39, 0.29) is 5.41 Å². The molecule has 0 aromatic carbocycles. The molecule has 6 rings (SSSR count). The molecule has 9 atom stereocenters. The summed E-state index contributed by atoms with van der Waals surface area (Å²) < 4.78 is 0. The molecule has 0 aliphatic heterocycles. The van der Waals surface area contributed by atoms with Crippen molar-refractivity contribution in [1.29, 1.82) is 0 Å². The Morgan fingerprint density at radius 1 is 1.10 bits per heavy atom. The summed E-state index contributed by atoms with van der Waals surface area (Å²) in [5.41, 5.74) is 3.46. The molecule has 0 amide bonds. The van der Waals surface area contributed by atoms with E-state index in [1.165, 1.54) is 44.9 Å². The molecular formula is C30H42O. The molecule has 0 aromatic rings. The van der Waals surface area contributed by atoms with Crippen LogP contribution in [-0.2, 0) is 4.79 Å². The van der Waals surface area contributed by atoms with Crippen LogP contribution in [0.2, 0.25) is 0 Å². The summed E-state index contributed by atoms with van der Waals surface area (Å²) >= 11 is 0. The maximum Gasteiger partial charge on any atom is 0.142 e. The number of hydrogen-bond donors (Lipinski definition) is 0. The standard InChI is InChI=1S/C30H42O/c1-18(2)19-9-11-26-20(15-19)10-12-27-29(26,3)13-6-14-30(27,4)28(31)25-17-21-16-24(25)23-8-5-7-22(21)23/h5,7,10,15,18,21-27H,6,8-9,11-14,16-17H2,1-4H3. The Kier molecular flexibility index (Phi) is 4.59. The van der Waals surface area contributed by atoms with E-state index in [9.17, 15) is 4.79 Å². The van der Waals surface area contributed by atoms with Gasteiger partial charge in [-0.25, -0.2) is 0 Å². The fourth-order valence-corrected chi connectivity index (χ4v) is 9.92. The molecule has 6 aliphatic carbocycles. The first kappa shape index (κ1) is 20.5. The minimum atomic E-state index is -0.103. The highest BCUT2D eigenvalue weighted by atomic mass is 16.1. The maximum absolute atomic E-state index is 14.3. The number of ketones is 1. The minimum absolute atomic E-state index is 0.103. The predicted molar refractivity (Wildman–Crippen MR) is 127 cm³/mol. The monoisotopic (exact) mass is 418 g/mol. The van der Waals surface area contributed by atoms with Crippen molar-refractivity contribution in [3.8, 4) is 0 Å². The van der Waals surface area contributed by atoms with E-state index < -0.39 is 0 Å². The lowest BCUT2D eigenvalue weighted by molar-refractivity contribution is -0.148. The molecule has 0 N–H and O–H groups in total. The molecule has 1 heteroatoms. The molecule has 0 aromatic heterocycles. The Hall–Kier alpha value is -1.11. The van der Waals surface area contributed by atoms with E-state index in [1.807, 2.05) is 0 Å². The lowest BCUT2D eigenvalue weighted by Gasteiger charge is -2.58. The molecule has 31 heavy (non-hydrogen) atoms. The molecule has 0 spiro atoms. The summed E-state index contributed by atoms with van der Waals surface area (Å²) in [6.07, 6.45) is 21.2. The third-order valence-electron chi connectivity index (χ3n) is 11.5. The van der Waals surface area contributed by atoms with Crippen LogP contribution in [0.15, 0.2) is 35.5 Å². The fourth-order valence-electron chi connectivity index (χ4n) is 9.92. The van der Waals surface area contributed by atoms with Crippen LogP contribution in [0, 0.1) is 58.2 Å². The number of Topliss-reactive ketones (excluding diaryl/α,β-unsaturated/α-hetero) is 1. The first-order valence-corrected chi connectivity index (χ1v) is 13.4. The zero-order valence-electron chi connectivity index (χ0n) is 20.2. The van der Waals surface area contributed by atoms with E-state index in [4.69, 9.17) is 0 Å². The Bertz CT molecular complexity index is 873. The van der Waals surface area contributed by atoms with Crippen molar-refractivity contribution in [1.82, 2.24) is 0 Å². The molecule has 6 aliphatic rings. The predicted octanol–water partition coefficient (Wildman–Crippen LogP) is 7.54. The van der Waals surface area contributed by atoms with Crippen molar-refractivity contribution in [2.24, 2.45) is 58.2 Å². The second-order valence-electron chi connectivity index (χ2n) is 13.0. The van der Waals surface area contributed by atoms with Gasteiger partial charge in [0, 0.05) is 11.3 Å². The molecule has 0 saturated heterocycles. The van der Waals surface area contributed by atoms with Crippen LogP contribution in [0.5, 0.6) is 0 Å². The lowest BCUT2D eigenvalue weighted by Crippen LogP contribution is -2.54. The zero-order chi connectivity index (χ0) is 21.5. The van der Waals surface area contributed by atoms with Crippen LogP contribution in [-0.4, -0.2) is 5.78 Å². The summed E-state index contributed by atoms with van der Waals surface area (Å²) in [6.45, 7) is 9.67. The van der Waals surface area contributed by atoms with E-state index in [0.29, 0.717) is 40.8 Å². The quantitative estimate of drug-likeness (QED) is 0.433. The minimum Gasteiger partial charge on any atom is -0.299 e. The molecule has 1 nitrogen and oxygen atoms in total. The smallest absolute Gasteiger partial charge is 0.142 e. The molecule has 0 heterocycles. The Morgan fingerprint density at radius 2 is 1.94 bits per heavy atom. The van der Waals surface area contributed by atoms with E-state index in [1.54, 1.807) is 11.1 Å². The van der Waals surface area contributed by atoms with Crippen molar-refractivity contribution in [3.63, 3.8) is 0 Å². The normalized spacial score (nSPS) is 50.0. The highest BCUT2D eigenvalue weighted by Gasteiger charge is 2.61. The summed E-state index contributed by atoms with van der Waals surface area (Å²) in [5, 5.41) is 0. The Morgan fingerprint density at radius 3 is 2.74 bits per heavy atom. The third kappa shape index (κ3) is 2.77. The van der Waals surface area contributed by atoms with Gasteiger partial charge in [0.25, 0.3) is 0 Å². The van der Waals surface area contributed by atoms with Gasteiger partial charge in [-0.05, 0) is 104 Å². The van der Waals surface area contributed by atoms with Crippen molar-refractivity contribution in [3.05, 3.63) is 35.5 Å². The topological polar surface area (TPSA) is 17.1 Å². The van der Waals surface area contributed by atoms with Gasteiger partial charge in [0.15, 0.2) is 0 Å². The van der Waals surface area contributed by atoms with Gasteiger partial charge in [0.1, 0.15) is 5.78 Å². The molecule has 2 bridgehead atoms. The Labute approximate surface area is 189 Å².